The third kappa shape index (κ3) is 4.28. The molecule has 1 aliphatic rings. The van der Waals surface area contributed by atoms with Gasteiger partial charge in [-0.25, -0.2) is 4.39 Å². The van der Waals surface area contributed by atoms with Crippen molar-refractivity contribution in [2.75, 3.05) is 13.1 Å². The van der Waals surface area contributed by atoms with Crippen LogP contribution in [0.25, 0.3) is 0 Å². The molecule has 1 atom stereocenters. The fourth-order valence-corrected chi connectivity index (χ4v) is 3.85. The Morgan fingerprint density at radius 3 is 2.68 bits per heavy atom. The first-order valence-corrected chi connectivity index (χ1v) is 9.73. The Morgan fingerprint density at radius 2 is 1.86 bits per heavy atom. The van der Waals surface area contributed by atoms with Gasteiger partial charge in [0.2, 0.25) is 0 Å². The fourth-order valence-electron chi connectivity index (χ4n) is 3.85. The van der Waals surface area contributed by atoms with Gasteiger partial charge in [-0.1, -0.05) is 36.4 Å². The molecule has 3 nitrogen and oxygen atoms in total. The number of carbonyl (C=O) groups excluding carboxylic acids is 1. The Kier molecular flexibility index (Phi) is 5.47. The molecule has 0 saturated carbocycles. The van der Waals surface area contributed by atoms with Crippen molar-refractivity contribution in [3.05, 3.63) is 101 Å². The van der Waals surface area contributed by atoms with E-state index in [1.54, 1.807) is 12.1 Å². The van der Waals surface area contributed by atoms with Crippen molar-refractivity contribution >= 4 is 5.91 Å². The van der Waals surface area contributed by atoms with E-state index in [9.17, 15) is 9.18 Å². The summed E-state index contributed by atoms with van der Waals surface area (Å²) in [6.45, 7) is 1.47. The number of aromatic nitrogens is 1. The zero-order valence-corrected chi connectivity index (χ0v) is 15.7. The third-order valence-corrected chi connectivity index (χ3v) is 5.25. The predicted molar refractivity (Wildman–Crippen MR) is 108 cm³/mol. The van der Waals surface area contributed by atoms with E-state index in [1.807, 2.05) is 59.5 Å². The standard InChI is InChI=1S/C24H23FN2O/c25-21-11-4-7-18(15-21)16-22-12-5-13-23(26-22)20-10-6-14-27(17-20)24(28)19-8-2-1-3-9-19/h1-5,7-9,11-13,15,20H,6,10,14,16-17H2. The molecule has 0 spiro atoms. The normalized spacial score (nSPS) is 16.8. The summed E-state index contributed by atoms with van der Waals surface area (Å²) in [7, 11) is 0. The van der Waals surface area contributed by atoms with Crippen molar-refractivity contribution < 1.29 is 9.18 Å². The lowest BCUT2D eigenvalue weighted by molar-refractivity contribution is 0.0706. The van der Waals surface area contributed by atoms with Gasteiger partial charge < -0.3 is 4.90 Å². The van der Waals surface area contributed by atoms with Crippen LogP contribution in [0, 0.1) is 5.82 Å². The molecule has 0 bridgehead atoms. The summed E-state index contributed by atoms with van der Waals surface area (Å²) in [6.07, 6.45) is 2.60. The van der Waals surface area contributed by atoms with E-state index >= 15 is 0 Å². The van der Waals surface area contributed by atoms with E-state index < -0.39 is 0 Å². The predicted octanol–water partition coefficient (Wildman–Crippen LogP) is 4.83. The molecule has 4 heteroatoms. The van der Waals surface area contributed by atoms with E-state index in [2.05, 4.69) is 0 Å². The van der Waals surface area contributed by atoms with Crippen LogP contribution in [0.2, 0.25) is 0 Å². The lowest BCUT2D eigenvalue weighted by Crippen LogP contribution is -2.39. The minimum Gasteiger partial charge on any atom is -0.338 e. The minimum atomic E-state index is -0.226. The Balaban J connectivity index is 1.48. The Labute approximate surface area is 164 Å². The van der Waals surface area contributed by atoms with Gasteiger partial charge in [0.1, 0.15) is 5.82 Å². The minimum absolute atomic E-state index is 0.0845. The monoisotopic (exact) mass is 374 g/mol. The summed E-state index contributed by atoms with van der Waals surface area (Å²) < 4.78 is 13.4. The van der Waals surface area contributed by atoms with Crippen LogP contribution in [0.1, 0.15) is 46.1 Å². The molecule has 142 valence electrons. The number of carbonyl (C=O) groups is 1. The summed E-state index contributed by atoms with van der Waals surface area (Å²) in [5.74, 6) is 0.0890. The summed E-state index contributed by atoms with van der Waals surface area (Å²) in [5, 5.41) is 0. The zero-order valence-electron chi connectivity index (χ0n) is 15.7. The van der Waals surface area contributed by atoms with Crippen LogP contribution < -0.4 is 0 Å². The SMILES string of the molecule is O=C(c1ccccc1)N1CCCC(c2cccc(Cc3cccc(F)c3)n2)C1. The molecule has 3 aromatic rings. The van der Waals surface area contributed by atoms with Gasteiger partial charge >= 0.3 is 0 Å². The van der Waals surface area contributed by atoms with Crippen molar-refractivity contribution in [1.82, 2.24) is 9.88 Å². The lowest BCUT2D eigenvalue weighted by atomic mass is 9.93. The van der Waals surface area contributed by atoms with Crippen LogP contribution in [0.4, 0.5) is 4.39 Å². The summed E-state index contributed by atoms with van der Waals surface area (Å²) in [6, 6.07) is 22.1. The van der Waals surface area contributed by atoms with E-state index in [4.69, 9.17) is 4.98 Å². The van der Waals surface area contributed by atoms with Crippen molar-refractivity contribution in [3.63, 3.8) is 0 Å². The molecular formula is C24H23FN2O. The summed E-state index contributed by atoms with van der Waals surface area (Å²) >= 11 is 0. The highest BCUT2D eigenvalue weighted by atomic mass is 19.1. The third-order valence-electron chi connectivity index (χ3n) is 5.25. The van der Waals surface area contributed by atoms with Crippen molar-refractivity contribution in [2.24, 2.45) is 0 Å². The molecule has 2 heterocycles. The van der Waals surface area contributed by atoms with Crippen molar-refractivity contribution in [3.8, 4) is 0 Å². The van der Waals surface area contributed by atoms with Gasteiger partial charge in [0.15, 0.2) is 0 Å². The molecule has 4 rings (SSSR count). The van der Waals surface area contributed by atoms with Gasteiger partial charge in [-0.2, -0.15) is 0 Å². The first-order valence-electron chi connectivity index (χ1n) is 9.73. The molecule has 1 unspecified atom stereocenters. The number of piperidine rings is 1. The number of hydrogen-bond acceptors (Lipinski definition) is 2. The van der Waals surface area contributed by atoms with Gasteiger partial charge in [0, 0.05) is 42.4 Å². The van der Waals surface area contributed by atoms with E-state index in [0.29, 0.717) is 13.0 Å². The number of rotatable bonds is 4. The van der Waals surface area contributed by atoms with Crippen LogP contribution >= 0.6 is 0 Å². The summed E-state index contributed by atoms with van der Waals surface area (Å²) in [5.41, 5.74) is 3.58. The Hall–Kier alpha value is -3.01. The number of pyridine rings is 1. The smallest absolute Gasteiger partial charge is 0.253 e. The van der Waals surface area contributed by atoms with Gasteiger partial charge in [-0.3, -0.25) is 9.78 Å². The van der Waals surface area contributed by atoms with Crippen LogP contribution in [0.5, 0.6) is 0 Å². The van der Waals surface area contributed by atoms with E-state index in [-0.39, 0.29) is 17.6 Å². The molecule has 1 fully saturated rings. The molecule has 2 aromatic carbocycles. The highest BCUT2D eigenvalue weighted by Gasteiger charge is 2.26. The van der Waals surface area contributed by atoms with Crippen LogP contribution in [0.15, 0.2) is 72.8 Å². The second-order valence-electron chi connectivity index (χ2n) is 7.32. The largest absolute Gasteiger partial charge is 0.338 e. The van der Waals surface area contributed by atoms with Crippen LogP contribution in [-0.2, 0) is 6.42 Å². The number of benzene rings is 2. The molecule has 1 amide bonds. The molecule has 1 aliphatic heterocycles. The number of halogens is 1. The van der Waals surface area contributed by atoms with Crippen molar-refractivity contribution in [1.29, 1.82) is 0 Å². The topological polar surface area (TPSA) is 33.2 Å². The molecule has 0 N–H and O–H groups in total. The number of nitrogens with zero attached hydrogens (tertiary/aromatic N) is 2. The second-order valence-corrected chi connectivity index (χ2v) is 7.32. The highest BCUT2D eigenvalue weighted by molar-refractivity contribution is 5.94. The number of hydrogen-bond donors (Lipinski definition) is 0. The van der Waals surface area contributed by atoms with E-state index in [1.165, 1.54) is 6.07 Å². The zero-order chi connectivity index (χ0) is 19.3. The second kappa shape index (κ2) is 8.34. The Morgan fingerprint density at radius 1 is 1.04 bits per heavy atom. The maximum Gasteiger partial charge on any atom is 0.253 e. The average molecular weight is 374 g/mol. The highest BCUT2D eigenvalue weighted by Crippen LogP contribution is 2.27. The summed E-state index contributed by atoms with van der Waals surface area (Å²) in [4.78, 5) is 19.5. The average Bonchev–Trinajstić information content (AvgIpc) is 2.74. The quantitative estimate of drug-likeness (QED) is 0.655. The molecular weight excluding hydrogens is 351 g/mol. The maximum absolute atomic E-state index is 13.4. The molecule has 0 radical (unpaired) electrons. The first kappa shape index (κ1) is 18.4. The van der Waals surface area contributed by atoms with Gasteiger partial charge in [-0.05, 0) is 54.8 Å². The first-order chi connectivity index (χ1) is 13.7. The van der Waals surface area contributed by atoms with Gasteiger partial charge in [-0.15, -0.1) is 0 Å². The van der Waals surface area contributed by atoms with Crippen LogP contribution in [0.3, 0.4) is 0 Å². The molecule has 1 saturated heterocycles. The van der Waals surface area contributed by atoms with E-state index in [0.717, 1.165) is 41.9 Å². The maximum atomic E-state index is 13.4. The Bertz CT molecular complexity index is 958. The fraction of sp³-hybridized carbons (Fsp3) is 0.250. The number of likely N-dealkylation sites (tertiary alicyclic amines) is 1. The van der Waals surface area contributed by atoms with Crippen LogP contribution in [-0.4, -0.2) is 28.9 Å². The number of amides is 1. The molecule has 28 heavy (non-hydrogen) atoms. The lowest BCUT2D eigenvalue weighted by Gasteiger charge is -2.32. The molecule has 1 aromatic heterocycles. The van der Waals surface area contributed by atoms with Gasteiger partial charge in [0.05, 0.1) is 0 Å². The van der Waals surface area contributed by atoms with Gasteiger partial charge in [0.25, 0.3) is 5.91 Å². The van der Waals surface area contributed by atoms with Crippen molar-refractivity contribution in [2.45, 2.75) is 25.2 Å². The molecule has 0 aliphatic carbocycles.